The van der Waals surface area contributed by atoms with E-state index in [4.69, 9.17) is 23.9 Å². The van der Waals surface area contributed by atoms with E-state index in [1.165, 1.54) is 0 Å². The molecule has 4 atom stereocenters. The molecule has 0 radical (unpaired) electrons. The summed E-state index contributed by atoms with van der Waals surface area (Å²) in [5.41, 5.74) is 10.7. The van der Waals surface area contributed by atoms with Crippen molar-refractivity contribution in [1.82, 2.24) is 0 Å². The number of esters is 1. The summed E-state index contributed by atoms with van der Waals surface area (Å²) in [5.74, 6) is -0.917. The molecule has 1 aliphatic rings. The van der Waals surface area contributed by atoms with Crippen molar-refractivity contribution in [2.45, 2.75) is 37.6 Å². The van der Waals surface area contributed by atoms with Crippen molar-refractivity contribution in [3.8, 4) is 0 Å². The monoisotopic (exact) mass is 461 g/mol. The first-order chi connectivity index (χ1) is 15.4. The highest BCUT2D eigenvalue weighted by atomic mass is 32.2. The summed E-state index contributed by atoms with van der Waals surface area (Å²) in [6.45, 7) is 0.238. The highest BCUT2D eigenvalue weighted by Gasteiger charge is 2.51. The van der Waals surface area contributed by atoms with Gasteiger partial charge in [0.15, 0.2) is 0 Å². The number of nitrogens with zero attached hydrogens (tertiary/aromatic N) is 3. The summed E-state index contributed by atoms with van der Waals surface area (Å²) in [5, 5.41) is 3.70. The Morgan fingerprint density at radius 2 is 1.66 bits per heavy atom. The molecule has 0 spiro atoms. The van der Waals surface area contributed by atoms with E-state index in [-0.39, 0.29) is 19.8 Å². The van der Waals surface area contributed by atoms with Crippen LogP contribution in [0.5, 0.6) is 0 Å². The fraction of sp³-hybridized carbons (Fsp3) is 0.381. The molecule has 11 heteroatoms. The maximum Gasteiger partial charge on any atom is 0.340 e. The Morgan fingerprint density at radius 3 is 2.22 bits per heavy atom. The summed E-state index contributed by atoms with van der Waals surface area (Å²) in [4.78, 5) is 15.2. The lowest BCUT2D eigenvalue weighted by molar-refractivity contribution is -0.147. The molecule has 0 bridgehead atoms. The van der Waals surface area contributed by atoms with Gasteiger partial charge in [-0.25, -0.2) is 4.79 Å². The lowest BCUT2D eigenvalue weighted by Crippen LogP contribution is -2.43. The van der Waals surface area contributed by atoms with Gasteiger partial charge in [0.05, 0.1) is 26.1 Å². The second-order valence-electron chi connectivity index (χ2n) is 7.16. The highest BCUT2D eigenvalue weighted by Crippen LogP contribution is 2.28. The van der Waals surface area contributed by atoms with Crippen LogP contribution in [0.2, 0.25) is 0 Å². The van der Waals surface area contributed by atoms with Crippen LogP contribution in [-0.2, 0) is 46.5 Å². The largest absolute Gasteiger partial charge is 0.457 e. The number of rotatable bonds is 11. The predicted molar refractivity (Wildman–Crippen MR) is 114 cm³/mol. The number of ether oxygens (including phenoxy) is 3. The van der Waals surface area contributed by atoms with Crippen LogP contribution >= 0.6 is 0 Å². The molecular formula is C21H23N3O7S. The molecule has 0 saturated carbocycles. The molecule has 0 aliphatic carbocycles. The van der Waals surface area contributed by atoms with Crippen molar-refractivity contribution in [3.05, 3.63) is 82.2 Å². The van der Waals surface area contributed by atoms with E-state index in [1.807, 2.05) is 60.7 Å². The maximum atomic E-state index is 12.4. The first kappa shape index (κ1) is 23.7. The zero-order valence-corrected chi connectivity index (χ0v) is 18.1. The molecule has 1 aliphatic heterocycles. The molecule has 0 amide bonds. The lowest BCUT2D eigenvalue weighted by atomic mass is 10.0. The number of cyclic esters (lactones) is 1. The van der Waals surface area contributed by atoms with E-state index in [9.17, 15) is 13.2 Å². The molecule has 2 aromatic carbocycles. The van der Waals surface area contributed by atoms with Crippen LogP contribution in [0.15, 0.2) is 65.8 Å². The van der Waals surface area contributed by atoms with Gasteiger partial charge < -0.3 is 14.2 Å². The fourth-order valence-corrected chi connectivity index (χ4v) is 3.80. The minimum absolute atomic E-state index is 0.0656. The van der Waals surface area contributed by atoms with Gasteiger partial charge in [-0.3, -0.25) is 4.18 Å². The summed E-state index contributed by atoms with van der Waals surface area (Å²) in [7, 11) is -3.99. The van der Waals surface area contributed by atoms with Crippen molar-refractivity contribution in [3.63, 3.8) is 0 Å². The van der Waals surface area contributed by atoms with Gasteiger partial charge in [-0.2, -0.15) is 8.42 Å². The third-order valence-corrected chi connectivity index (χ3v) is 5.21. The van der Waals surface area contributed by atoms with Gasteiger partial charge in [-0.05, 0) is 16.7 Å². The minimum Gasteiger partial charge on any atom is -0.457 e. The number of carbonyl (C=O) groups is 1. The van der Waals surface area contributed by atoms with Gasteiger partial charge in [-0.1, -0.05) is 65.8 Å². The van der Waals surface area contributed by atoms with Crippen LogP contribution in [0.25, 0.3) is 10.4 Å². The van der Waals surface area contributed by atoms with Gasteiger partial charge >= 0.3 is 5.97 Å². The molecule has 3 rings (SSSR count). The number of azide groups is 1. The Morgan fingerprint density at radius 1 is 1.06 bits per heavy atom. The summed E-state index contributed by atoms with van der Waals surface area (Å²) in [6.07, 6.45) is -2.92. The number of hydrogen-bond donors (Lipinski definition) is 0. The topological polar surface area (TPSA) is 137 Å². The molecule has 1 fully saturated rings. The standard InChI is InChI=1S/C21H23N3O7S/c1-32(26,27)31-20-19(29-13-16-10-6-3-7-11-16)18(30-21(20)25)17(23-24-22)14-28-12-15-8-4-2-5-9-15/h2-11,17-20H,12-14H2,1H3/t17-,18+,19+,20+/m1/s1. The molecule has 1 saturated heterocycles. The Labute approximate surface area is 185 Å². The fourth-order valence-electron chi connectivity index (χ4n) is 3.24. The lowest BCUT2D eigenvalue weighted by Gasteiger charge is -2.25. The number of carbonyl (C=O) groups excluding carboxylic acids is 1. The van der Waals surface area contributed by atoms with E-state index >= 15 is 0 Å². The van der Waals surface area contributed by atoms with Gasteiger partial charge in [0.1, 0.15) is 18.2 Å². The van der Waals surface area contributed by atoms with Crippen LogP contribution in [0.1, 0.15) is 11.1 Å². The zero-order valence-electron chi connectivity index (χ0n) is 17.3. The minimum atomic E-state index is -3.99. The summed E-state index contributed by atoms with van der Waals surface area (Å²) < 4.78 is 45.2. The SMILES string of the molecule is CS(=O)(=O)O[C@@H]1C(=O)O[C@@H]([C@@H](COCc2ccccc2)N=[N+]=[N-])[C@@H]1OCc1ccccc1. The quantitative estimate of drug-likeness (QED) is 0.165. The molecule has 0 aromatic heterocycles. The molecule has 32 heavy (non-hydrogen) atoms. The molecule has 10 nitrogen and oxygen atoms in total. The third kappa shape index (κ3) is 6.78. The van der Waals surface area contributed by atoms with E-state index in [1.54, 1.807) is 0 Å². The van der Waals surface area contributed by atoms with Gasteiger partial charge in [0, 0.05) is 4.91 Å². The second kappa shape index (κ2) is 11.1. The number of benzene rings is 2. The van der Waals surface area contributed by atoms with Gasteiger partial charge in [0.25, 0.3) is 10.1 Å². The van der Waals surface area contributed by atoms with Crippen molar-refractivity contribution in [2.24, 2.45) is 5.11 Å². The normalized spacial score (nSPS) is 21.5. The van der Waals surface area contributed by atoms with Crippen molar-refractivity contribution in [2.75, 3.05) is 12.9 Å². The van der Waals surface area contributed by atoms with E-state index < -0.39 is 40.4 Å². The van der Waals surface area contributed by atoms with E-state index in [2.05, 4.69) is 10.0 Å². The number of hydrogen-bond acceptors (Lipinski definition) is 8. The summed E-state index contributed by atoms with van der Waals surface area (Å²) in [6, 6.07) is 17.5. The molecule has 170 valence electrons. The molecule has 2 aromatic rings. The van der Waals surface area contributed by atoms with Crippen molar-refractivity contribution >= 4 is 16.1 Å². The first-order valence-electron chi connectivity index (χ1n) is 9.77. The first-order valence-corrected chi connectivity index (χ1v) is 11.6. The molecular weight excluding hydrogens is 438 g/mol. The van der Waals surface area contributed by atoms with E-state index in [0.717, 1.165) is 17.4 Å². The van der Waals surface area contributed by atoms with E-state index in [0.29, 0.717) is 0 Å². The Hall–Kier alpha value is -2.95. The van der Waals surface area contributed by atoms with Crippen molar-refractivity contribution < 1.29 is 31.6 Å². The molecule has 0 N–H and O–H groups in total. The Bertz CT molecular complexity index is 1040. The van der Waals surface area contributed by atoms with Gasteiger partial charge in [-0.15, -0.1) is 0 Å². The summed E-state index contributed by atoms with van der Waals surface area (Å²) >= 11 is 0. The smallest absolute Gasteiger partial charge is 0.340 e. The second-order valence-corrected chi connectivity index (χ2v) is 8.76. The predicted octanol–water partition coefficient (Wildman–Crippen LogP) is 2.74. The average molecular weight is 461 g/mol. The molecule has 1 heterocycles. The average Bonchev–Trinajstić information content (AvgIpc) is 3.07. The third-order valence-electron chi connectivity index (χ3n) is 4.65. The van der Waals surface area contributed by atoms with Gasteiger partial charge in [0.2, 0.25) is 6.10 Å². The van der Waals surface area contributed by atoms with Crippen LogP contribution in [0, 0.1) is 0 Å². The van der Waals surface area contributed by atoms with Crippen LogP contribution in [0.4, 0.5) is 0 Å². The molecule has 0 unspecified atom stereocenters. The van der Waals surface area contributed by atoms with Crippen LogP contribution < -0.4 is 0 Å². The van der Waals surface area contributed by atoms with Crippen LogP contribution in [-0.4, -0.2) is 51.6 Å². The zero-order chi connectivity index (χ0) is 23.0. The maximum absolute atomic E-state index is 12.4. The highest BCUT2D eigenvalue weighted by molar-refractivity contribution is 7.86. The van der Waals surface area contributed by atoms with Crippen LogP contribution in [0.3, 0.4) is 0 Å². The Kier molecular flexibility index (Phi) is 8.20. The van der Waals surface area contributed by atoms with Crippen molar-refractivity contribution in [1.29, 1.82) is 0 Å². The Balaban J connectivity index is 1.76.